The van der Waals surface area contributed by atoms with Gasteiger partial charge in [-0.25, -0.2) is 0 Å². The van der Waals surface area contributed by atoms with Crippen LogP contribution in [0.3, 0.4) is 0 Å². The van der Waals surface area contributed by atoms with Crippen LogP contribution < -0.4 is 10.4 Å². The topological polar surface area (TPSA) is 69.2 Å². The highest BCUT2D eigenvalue weighted by atomic mass is 32.1. The Morgan fingerprint density at radius 1 is 1.40 bits per heavy atom. The summed E-state index contributed by atoms with van der Waals surface area (Å²) in [7, 11) is 0. The fourth-order valence-corrected chi connectivity index (χ4v) is 1.44. The van der Waals surface area contributed by atoms with Gasteiger partial charge in [0.05, 0.1) is 16.5 Å². The third kappa shape index (κ3) is 2.69. The van der Waals surface area contributed by atoms with Gasteiger partial charge < -0.3 is 15.2 Å². The zero-order chi connectivity index (χ0) is 11.6. The zero-order valence-electron chi connectivity index (χ0n) is 6.92. The van der Waals surface area contributed by atoms with E-state index in [0.717, 1.165) is 6.07 Å². The summed E-state index contributed by atoms with van der Waals surface area (Å²) >= 11 is 0.666. The number of alkyl halides is 3. The summed E-state index contributed by atoms with van der Waals surface area (Å²) in [6.45, 7) is 0. The number of anilines is 1. The summed E-state index contributed by atoms with van der Waals surface area (Å²) < 4.78 is 35.4. The van der Waals surface area contributed by atoms with Crippen molar-refractivity contribution in [2.45, 2.75) is 6.18 Å². The number of carbonyl (C=O) groups is 2. The molecule has 0 unspecified atom stereocenters. The van der Waals surface area contributed by atoms with Crippen molar-refractivity contribution < 1.29 is 27.9 Å². The van der Waals surface area contributed by atoms with Gasteiger partial charge in [-0.3, -0.25) is 4.79 Å². The molecule has 0 spiro atoms. The Hall–Kier alpha value is -1.57. The summed E-state index contributed by atoms with van der Waals surface area (Å²) in [6.07, 6.45) is -5.05. The van der Waals surface area contributed by atoms with Crippen LogP contribution in [0.25, 0.3) is 0 Å². The number of carbonyl (C=O) groups excluding carboxylic acids is 2. The number of amides is 1. The van der Waals surface area contributed by atoms with E-state index in [0.29, 0.717) is 11.3 Å². The van der Waals surface area contributed by atoms with Gasteiger partial charge >= 0.3 is 12.1 Å². The molecule has 1 aromatic heterocycles. The third-order valence-corrected chi connectivity index (χ3v) is 2.25. The Balaban J connectivity index is 2.86. The van der Waals surface area contributed by atoms with Gasteiger partial charge in [0.2, 0.25) is 0 Å². The molecule has 0 aliphatic heterocycles. The highest BCUT2D eigenvalue weighted by Crippen LogP contribution is 2.24. The lowest BCUT2D eigenvalue weighted by atomic mass is 10.4. The average molecular weight is 238 g/mol. The van der Waals surface area contributed by atoms with Crippen molar-refractivity contribution in [3.8, 4) is 0 Å². The van der Waals surface area contributed by atoms with E-state index in [1.54, 1.807) is 0 Å². The molecule has 8 heteroatoms. The fourth-order valence-electron chi connectivity index (χ4n) is 0.759. The molecule has 1 amide bonds. The van der Waals surface area contributed by atoms with Crippen LogP contribution in [0.5, 0.6) is 0 Å². The van der Waals surface area contributed by atoms with Gasteiger partial charge in [-0.15, -0.1) is 11.3 Å². The molecule has 0 saturated carbocycles. The van der Waals surface area contributed by atoms with Gasteiger partial charge in [0, 0.05) is 0 Å². The van der Waals surface area contributed by atoms with Crippen LogP contribution in [0.15, 0.2) is 11.4 Å². The maximum atomic E-state index is 11.8. The molecule has 0 aliphatic carbocycles. The van der Waals surface area contributed by atoms with Crippen LogP contribution in [0, 0.1) is 0 Å². The van der Waals surface area contributed by atoms with E-state index in [4.69, 9.17) is 0 Å². The van der Waals surface area contributed by atoms with Gasteiger partial charge in [-0.05, 0) is 11.4 Å². The van der Waals surface area contributed by atoms with E-state index in [-0.39, 0.29) is 0 Å². The molecule has 1 aromatic rings. The summed E-state index contributed by atoms with van der Waals surface area (Å²) in [4.78, 5) is 20.4. The number of thiophene rings is 1. The second-order valence-electron chi connectivity index (χ2n) is 2.40. The monoisotopic (exact) mass is 238 g/mol. The molecule has 0 bridgehead atoms. The Morgan fingerprint density at radius 3 is 2.47 bits per heavy atom. The molecule has 0 aliphatic rings. The molecule has 1 rings (SSSR count). The molecule has 0 radical (unpaired) electrons. The quantitative estimate of drug-likeness (QED) is 0.820. The first-order valence-corrected chi connectivity index (χ1v) is 4.37. The van der Waals surface area contributed by atoms with Crippen molar-refractivity contribution in [3.05, 3.63) is 16.3 Å². The summed E-state index contributed by atoms with van der Waals surface area (Å²) in [5.74, 6) is -3.86. The Bertz CT molecular complexity index is 398. The van der Waals surface area contributed by atoms with Crippen molar-refractivity contribution in [1.82, 2.24) is 0 Å². The predicted molar refractivity (Wildman–Crippen MR) is 43.3 cm³/mol. The van der Waals surface area contributed by atoms with Crippen LogP contribution in [-0.4, -0.2) is 18.1 Å². The molecular weight excluding hydrogens is 235 g/mol. The second kappa shape index (κ2) is 3.89. The molecule has 1 N–H and O–H groups in total. The van der Waals surface area contributed by atoms with Gasteiger partial charge in [-0.2, -0.15) is 13.2 Å². The number of hydrogen-bond acceptors (Lipinski definition) is 4. The highest BCUT2D eigenvalue weighted by Gasteiger charge is 2.39. The van der Waals surface area contributed by atoms with Crippen LogP contribution in [-0.2, 0) is 4.79 Å². The lowest BCUT2D eigenvalue weighted by Crippen LogP contribution is -2.31. The normalized spacial score (nSPS) is 11.1. The van der Waals surface area contributed by atoms with E-state index in [9.17, 15) is 27.9 Å². The smallest absolute Gasteiger partial charge is 0.471 e. The molecular formula is C7H3F3NO3S-. The van der Waals surface area contributed by atoms with Gasteiger partial charge in [-0.1, -0.05) is 0 Å². The predicted octanol–water partition coefficient (Wildman–Crippen LogP) is 0.612. The van der Waals surface area contributed by atoms with E-state index in [1.807, 2.05) is 0 Å². The zero-order valence-corrected chi connectivity index (χ0v) is 7.74. The minimum Gasteiger partial charge on any atom is -0.544 e. The number of halogens is 3. The van der Waals surface area contributed by atoms with Crippen molar-refractivity contribution in [1.29, 1.82) is 0 Å². The van der Waals surface area contributed by atoms with Crippen LogP contribution in [0.2, 0.25) is 0 Å². The molecule has 82 valence electrons. The Labute approximate surface area is 85.3 Å². The first-order valence-electron chi connectivity index (χ1n) is 3.49. The molecule has 0 fully saturated rings. The Kier molecular flexibility index (Phi) is 2.98. The molecule has 0 aromatic carbocycles. The maximum absolute atomic E-state index is 11.8. The molecule has 0 atom stereocenters. The van der Waals surface area contributed by atoms with E-state index >= 15 is 0 Å². The number of rotatable bonds is 2. The third-order valence-electron chi connectivity index (χ3n) is 1.36. The van der Waals surface area contributed by atoms with E-state index < -0.39 is 28.6 Å². The number of carboxylic acids is 1. The largest absolute Gasteiger partial charge is 0.544 e. The molecule has 0 saturated heterocycles. The average Bonchev–Trinajstić information content (AvgIpc) is 2.50. The SMILES string of the molecule is O=C([O-])c1sccc1NC(=O)C(F)(F)F. The standard InChI is InChI=1S/C7H4F3NO3S/c8-7(9,10)6(14)11-3-1-2-15-4(3)5(12)13/h1-2H,(H,11,14)(H,12,13)/p-1. The van der Waals surface area contributed by atoms with Crippen LogP contribution in [0.1, 0.15) is 9.67 Å². The van der Waals surface area contributed by atoms with Gasteiger partial charge in [0.15, 0.2) is 0 Å². The van der Waals surface area contributed by atoms with Crippen molar-refractivity contribution in [3.63, 3.8) is 0 Å². The maximum Gasteiger partial charge on any atom is 0.471 e. The molecule has 15 heavy (non-hydrogen) atoms. The number of hydrogen-bond donors (Lipinski definition) is 1. The Morgan fingerprint density at radius 2 is 2.00 bits per heavy atom. The van der Waals surface area contributed by atoms with Gasteiger partial charge in [0.25, 0.3) is 0 Å². The van der Waals surface area contributed by atoms with Gasteiger partial charge in [0.1, 0.15) is 0 Å². The van der Waals surface area contributed by atoms with E-state index in [1.165, 1.54) is 10.7 Å². The summed E-state index contributed by atoms with van der Waals surface area (Å²) in [6, 6.07) is 1.06. The summed E-state index contributed by atoms with van der Waals surface area (Å²) in [5.41, 5.74) is -0.415. The molecule has 1 heterocycles. The van der Waals surface area contributed by atoms with Crippen molar-refractivity contribution in [2.75, 3.05) is 5.32 Å². The minimum absolute atomic E-state index is 0.415. The fraction of sp³-hybridized carbons (Fsp3) is 0.143. The van der Waals surface area contributed by atoms with Crippen molar-refractivity contribution >= 4 is 28.9 Å². The second-order valence-corrected chi connectivity index (χ2v) is 3.32. The highest BCUT2D eigenvalue weighted by molar-refractivity contribution is 7.12. The minimum atomic E-state index is -5.05. The van der Waals surface area contributed by atoms with E-state index in [2.05, 4.69) is 0 Å². The summed E-state index contributed by atoms with van der Waals surface area (Å²) in [5, 5.41) is 13.1. The number of carboxylic acid groups (broad SMARTS) is 1. The number of nitrogens with one attached hydrogen (secondary N) is 1. The first kappa shape index (κ1) is 11.5. The van der Waals surface area contributed by atoms with Crippen molar-refractivity contribution in [2.24, 2.45) is 0 Å². The number of aromatic carboxylic acids is 1. The van der Waals surface area contributed by atoms with Crippen LogP contribution in [0.4, 0.5) is 18.9 Å². The van der Waals surface area contributed by atoms with Crippen LogP contribution >= 0.6 is 11.3 Å². The lowest BCUT2D eigenvalue weighted by Gasteiger charge is -2.08. The first-order chi connectivity index (χ1) is 6.82. The lowest BCUT2D eigenvalue weighted by molar-refractivity contribution is -0.254. The molecule has 4 nitrogen and oxygen atoms in total.